The van der Waals surface area contributed by atoms with E-state index in [4.69, 9.17) is 0 Å². The van der Waals surface area contributed by atoms with Gasteiger partial charge < -0.3 is 4.74 Å². The summed E-state index contributed by atoms with van der Waals surface area (Å²) in [6, 6.07) is 1.66. The molecule has 7 rings (SSSR count). The molecule has 0 unspecified atom stereocenters. The minimum Gasteiger partial charge on any atom is -0.429 e. The summed E-state index contributed by atoms with van der Waals surface area (Å²) in [6.45, 7) is 3.27. The highest BCUT2D eigenvalue weighted by Gasteiger charge is 2.90. The van der Waals surface area contributed by atoms with Crippen LogP contribution < -0.4 is 4.74 Å². The van der Waals surface area contributed by atoms with E-state index < -0.39 is 77.3 Å². The Labute approximate surface area is 193 Å². The molecule has 0 heterocycles. The predicted molar refractivity (Wildman–Crippen MR) is 108 cm³/mol. The van der Waals surface area contributed by atoms with Crippen LogP contribution in [-0.2, 0) is 0 Å². The van der Waals surface area contributed by atoms with Gasteiger partial charge in [-0.15, -0.1) is 0 Å². The van der Waals surface area contributed by atoms with Crippen molar-refractivity contribution in [1.82, 2.24) is 0 Å². The van der Waals surface area contributed by atoms with Crippen LogP contribution in [0.5, 0.6) is 5.75 Å². The first-order chi connectivity index (χ1) is 15.6. The molecule has 4 bridgehead atoms. The third-order valence-corrected chi connectivity index (χ3v) is 10.2. The van der Waals surface area contributed by atoms with Crippen molar-refractivity contribution in [2.75, 3.05) is 0 Å². The second kappa shape index (κ2) is 6.81. The molecule has 1 aromatic rings. The lowest BCUT2D eigenvalue weighted by Crippen LogP contribution is -2.78. The summed E-state index contributed by atoms with van der Waals surface area (Å²) in [7, 11) is 0. The van der Waals surface area contributed by atoms with Crippen LogP contribution in [0.2, 0.25) is 0 Å². The summed E-state index contributed by atoms with van der Waals surface area (Å²) in [5.74, 6) is -14.3. The number of rotatable bonds is 4. The fourth-order valence-electron chi connectivity index (χ4n) is 7.70. The summed E-state index contributed by atoms with van der Waals surface area (Å²) in [5, 5.41) is 0. The lowest BCUT2D eigenvalue weighted by Gasteiger charge is -2.70. The molecule has 0 radical (unpaired) electrons. The van der Waals surface area contributed by atoms with Crippen LogP contribution in [-0.4, -0.2) is 18.0 Å². The number of hydrogen-bond donors (Lipinski definition) is 0. The maximum absolute atomic E-state index is 15.9. The van der Waals surface area contributed by atoms with Crippen molar-refractivity contribution in [3.63, 3.8) is 0 Å². The number of aryl methyl sites for hydroxylation is 1. The number of hydrogen-bond acceptors (Lipinski definition) is 1. The topological polar surface area (TPSA) is 9.23 Å². The fourth-order valence-corrected chi connectivity index (χ4v) is 7.70. The molecule has 0 atom stereocenters. The van der Waals surface area contributed by atoms with Gasteiger partial charge in [0.25, 0.3) is 0 Å². The third kappa shape index (κ3) is 2.62. The Morgan fingerprint density at radius 2 is 1.26 bits per heavy atom. The first-order valence-corrected chi connectivity index (χ1v) is 11.9. The van der Waals surface area contributed by atoms with Crippen LogP contribution >= 0.6 is 0 Å². The second-order valence-electron chi connectivity index (χ2n) is 11.5. The van der Waals surface area contributed by atoms with E-state index in [-0.39, 0.29) is 11.0 Å². The Morgan fingerprint density at radius 1 is 0.735 bits per heavy atom. The van der Waals surface area contributed by atoms with Crippen molar-refractivity contribution >= 4 is 0 Å². The van der Waals surface area contributed by atoms with E-state index in [0.29, 0.717) is 44.6 Å². The van der Waals surface area contributed by atoms with Crippen LogP contribution in [0.3, 0.4) is 0 Å². The van der Waals surface area contributed by atoms with Gasteiger partial charge in [-0.2, -0.15) is 30.7 Å². The van der Waals surface area contributed by atoms with Crippen molar-refractivity contribution in [2.24, 2.45) is 21.7 Å². The van der Waals surface area contributed by atoms with Gasteiger partial charge in [-0.25, -0.2) is 4.39 Å². The predicted octanol–water partition coefficient (Wildman–Crippen LogP) is 8.44. The molecular formula is C25H28F8O. The highest BCUT2D eigenvalue weighted by Crippen LogP contribution is 2.81. The van der Waals surface area contributed by atoms with Gasteiger partial charge in [0.1, 0.15) is 5.41 Å². The average molecular weight is 496 g/mol. The minimum atomic E-state index is -5.09. The summed E-state index contributed by atoms with van der Waals surface area (Å²) in [6.07, 6.45) is -4.38. The normalized spacial score (nSPS) is 40.4. The summed E-state index contributed by atoms with van der Waals surface area (Å²) >= 11 is 0. The third-order valence-electron chi connectivity index (χ3n) is 10.2. The highest BCUT2D eigenvalue weighted by molar-refractivity contribution is 5.32. The summed E-state index contributed by atoms with van der Waals surface area (Å²) in [5.41, 5.74) is -6.76. The molecular weight excluding hydrogens is 468 g/mol. The first kappa shape index (κ1) is 24.2. The van der Waals surface area contributed by atoms with Crippen LogP contribution in [0.25, 0.3) is 0 Å². The van der Waals surface area contributed by atoms with Crippen LogP contribution in [0.1, 0.15) is 76.7 Å². The van der Waals surface area contributed by atoms with E-state index >= 15 is 26.3 Å². The largest absolute Gasteiger partial charge is 0.429 e. The standard InChI is InChI=1S/C25H28F8O/c1-15-3-4-16(18(27)17(15)26)34-25(32,33)22-13-11-21(12-14-22,23(28,29)24(22,30)31)20-8-5-19(2,6-9-20)7-10-20/h3-4H,5-14H2,1-2H3. The van der Waals surface area contributed by atoms with Crippen molar-refractivity contribution in [2.45, 2.75) is 96.0 Å². The van der Waals surface area contributed by atoms with Crippen molar-refractivity contribution < 1.29 is 39.9 Å². The maximum atomic E-state index is 15.9. The lowest BCUT2D eigenvalue weighted by atomic mass is 9.36. The van der Waals surface area contributed by atoms with Gasteiger partial charge in [0.15, 0.2) is 11.6 Å². The van der Waals surface area contributed by atoms with Gasteiger partial charge in [-0.3, -0.25) is 0 Å². The molecule has 34 heavy (non-hydrogen) atoms. The van der Waals surface area contributed by atoms with Gasteiger partial charge in [0, 0.05) is 5.41 Å². The Bertz CT molecular complexity index is 984. The molecule has 6 fully saturated rings. The van der Waals surface area contributed by atoms with Gasteiger partial charge in [-0.1, -0.05) is 13.0 Å². The molecule has 0 aliphatic heterocycles. The Hall–Kier alpha value is -1.54. The zero-order valence-electron chi connectivity index (χ0n) is 19.2. The highest BCUT2D eigenvalue weighted by atomic mass is 19.3. The molecule has 6 aliphatic rings. The van der Waals surface area contributed by atoms with Crippen LogP contribution in [0.4, 0.5) is 35.1 Å². The molecule has 0 N–H and O–H groups in total. The zero-order valence-corrected chi connectivity index (χ0v) is 19.2. The monoisotopic (exact) mass is 496 g/mol. The minimum absolute atomic E-state index is 0.0253. The molecule has 9 heteroatoms. The molecule has 190 valence electrons. The van der Waals surface area contributed by atoms with Crippen LogP contribution in [0.15, 0.2) is 12.1 Å². The first-order valence-electron chi connectivity index (χ1n) is 11.9. The number of alkyl halides is 6. The number of fused-ring (bicyclic) bond motifs is 6. The van der Waals surface area contributed by atoms with Gasteiger partial charge in [-0.05, 0) is 93.6 Å². The van der Waals surface area contributed by atoms with E-state index in [0.717, 1.165) is 6.07 Å². The molecule has 6 saturated carbocycles. The van der Waals surface area contributed by atoms with E-state index in [1.54, 1.807) is 0 Å². The van der Waals surface area contributed by atoms with Crippen molar-refractivity contribution in [3.8, 4) is 5.75 Å². The maximum Gasteiger partial charge on any atom is 0.409 e. The van der Waals surface area contributed by atoms with Crippen molar-refractivity contribution in [3.05, 3.63) is 29.3 Å². The van der Waals surface area contributed by atoms with Gasteiger partial charge in [0.05, 0.1) is 0 Å². The molecule has 0 saturated heterocycles. The number of ether oxygens (including phenoxy) is 1. The van der Waals surface area contributed by atoms with Gasteiger partial charge in [0.2, 0.25) is 5.82 Å². The summed E-state index contributed by atoms with van der Waals surface area (Å²) in [4.78, 5) is 0. The fraction of sp³-hybridized carbons (Fsp3) is 0.760. The summed E-state index contributed by atoms with van der Waals surface area (Å²) < 4.78 is 126. The number of benzene rings is 1. The molecule has 0 amide bonds. The van der Waals surface area contributed by atoms with E-state index in [2.05, 4.69) is 11.7 Å². The molecule has 1 aromatic carbocycles. The average Bonchev–Trinajstić information content (AvgIpc) is 2.79. The smallest absolute Gasteiger partial charge is 0.409 e. The molecule has 1 nitrogen and oxygen atoms in total. The molecule has 6 aliphatic carbocycles. The van der Waals surface area contributed by atoms with Crippen LogP contribution in [0, 0.1) is 40.2 Å². The van der Waals surface area contributed by atoms with Gasteiger partial charge >= 0.3 is 18.0 Å². The Morgan fingerprint density at radius 3 is 1.79 bits per heavy atom. The quantitative estimate of drug-likeness (QED) is 0.380. The molecule has 0 spiro atoms. The van der Waals surface area contributed by atoms with E-state index in [9.17, 15) is 8.78 Å². The van der Waals surface area contributed by atoms with E-state index in [1.165, 1.54) is 6.92 Å². The SMILES string of the molecule is Cc1ccc(OC(F)(F)C23CCC(C45CCC(C)(CC4)CC5)(CC2)C(F)(F)C3(F)F)c(F)c1F. The molecule has 0 aromatic heterocycles. The zero-order chi connectivity index (χ0) is 25.0. The Kier molecular flexibility index (Phi) is 4.84. The second-order valence-corrected chi connectivity index (χ2v) is 11.5. The lowest BCUT2D eigenvalue weighted by molar-refractivity contribution is -0.449. The Balaban J connectivity index is 1.53. The number of halogens is 8. The van der Waals surface area contributed by atoms with E-state index in [1.807, 2.05) is 0 Å². The van der Waals surface area contributed by atoms with Crippen molar-refractivity contribution in [1.29, 1.82) is 0 Å².